The summed E-state index contributed by atoms with van der Waals surface area (Å²) in [6.07, 6.45) is 0. The molecule has 3 heteroatoms. The number of aryl methyl sites for hydroxylation is 1. The smallest absolute Gasteiger partial charge is 0.0784 e. The van der Waals surface area contributed by atoms with E-state index in [0.29, 0.717) is 0 Å². The SMILES string of the molecule is Cc1ccc(N(c2ccc3c(c2)C2(c4ccccc4-c4ccccc42)c2cc(-n4c5ccccc5c5ccccc54)c4ccccc4c2-3)c2ccc([Si](C)(C)C)c3ccccc23)cc1. The van der Waals surface area contributed by atoms with E-state index in [0.717, 1.165) is 11.4 Å². The number of aromatic nitrogens is 1. The van der Waals surface area contributed by atoms with E-state index in [1.165, 1.54) is 110 Å². The summed E-state index contributed by atoms with van der Waals surface area (Å²) in [5.74, 6) is 0. The maximum absolute atomic E-state index is 2.56. The molecule has 0 fully saturated rings. The summed E-state index contributed by atoms with van der Waals surface area (Å²) in [6.45, 7) is 9.54. The number of para-hydroxylation sites is 2. The normalized spacial score (nSPS) is 13.4. The van der Waals surface area contributed by atoms with E-state index in [2.05, 4.69) is 242 Å². The van der Waals surface area contributed by atoms with Crippen LogP contribution in [0.4, 0.5) is 17.1 Å². The van der Waals surface area contributed by atoms with Gasteiger partial charge in [-0.15, -0.1) is 0 Å². The van der Waals surface area contributed by atoms with Crippen LogP contribution in [0.3, 0.4) is 0 Å². The third-order valence-electron chi connectivity index (χ3n) is 14.4. The average molecular weight is 835 g/mol. The Morgan fingerprint density at radius 1 is 0.406 bits per heavy atom. The maximum atomic E-state index is 2.56. The van der Waals surface area contributed by atoms with E-state index in [1.807, 2.05) is 0 Å². The van der Waals surface area contributed by atoms with E-state index in [9.17, 15) is 0 Å². The van der Waals surface area contributed by atoms with Crippen molar-refractivity contribution in [2.45, 2.75) is 32.0 Å². The number of hydrogen-bond donors (Lipinski definition) is 0. The molecule has 13 rings (SSSR count). The quantitative estimate of drug-likeness (QED) is 0.157. The minimum Gasteiger partial charge on any atom is -0.310 e. The van der Waals surface area contributed by atoms with Crippen molar-refractivity contribution in [2.75, 3.05) is 4.90 Å². The molecule has 0 atom stereocenters. The summed E-state index contributed by atoms with van der Waals surface area (Å²) in [7, 11) is -1.66. The summed E-state index contributed by atoms with van der Waals surface area (Å²) in [5, 5.41) is 9.17. The molecule has 0 amide bonds. The van der Waals surface area contributed by atoms with Crippen molar-refractivity contribution in [2.24, 2.45) is 0 Å². The molecule has 64 heavy (non-hydrogen) atoms. The van der Waals surface area contributed by atoms with Gasteiger partial charge in [0.1, 0.15) is 0 Å². The van der Waals surface area contributed by atoms with Gasteiger partial charge in [0.25, 0.3) is 0 Å². The fraction of sp³-hybridized carbons (Fsp3) is 0.0820. The topological polar surface area (TPSA) is 8.17 Å². The standard InChI is InChI=1S/C61H46N2Si/c1-39-29-31-40(32-30-39)62(57-35-36-59(64(2,3)4)48-23-7-5-21-46(48)57)41-33-34-50-53(37-41)61(51-25-13-9-17-42(51)43-18-10-14-26-52(43)61)54-38-58(47-22-6-8-24-49(47)60(50)54)63-55-27-15-11-19-44(55)45-20-12-16-28-56(45)63/h5-38H,1-4H3. The number of anilines is 3. The Balaban J connectivity index is 1.16. The molecule has 1 heterocycles. The fourth-order valence-corrected chi connectivity index (χ4v) is 13.3. The first-order chi connectivity index (χ1) is 31.3. The lowest BCUT2D eigenvalue weighted by atomic mass is 9.70. The Bertz CT molecular complexity index is 3640. The van der Waals surface area contributed by atoms with Crippen LogP contribution in [0.1, 0.15) is 27.8 Å². The molecule has 2 aliphatic carbocycles. The molecule has 0 bridgehead atoms. The molecule has 0 radical (unpaired) electrons. The van der Waals surface area contributed by atoms with Gasteiger partial charge in [-0.1, -0.05) is 188 Å². The predicted octanol–water partition coefficient (Wildman–Crippen LogP) is 15.8. The minimum atomic E-state index is -1.66. The number of rotatable bonds is 5. The number of nitrogens with zero attached hydrogens (tertiary/aromatic N) is 2. The molecule has 1 spiro atoms. The fourth-order valence-electron chi connectivity index (χ4n) is 11.7. The zero-order valence-electron chi connectivity index (χ0n) is 36.5. The number of fused-ring (bicyclic) bond motifs is 16. The largest absolute Gasteiger partial charge is 0.310 e. The molecule has 0 unspecified atom stereocenters. The van der Waals surface area contributed by atoms with Crippen molar-refractivity contribution in [3.63, 3.8) is 0 Å². The molecule has 1 aromatic heterocycles. The van der Waals surface area contributed by atoms with E-state index in [1.54, 1.807) is 0 Å². The molecule has 0 saturated heterocycles. The van der Waals surface area contributed by atoms with Crippen LogP contribution in [-0.2, 0) is 5.41 Å². The van der Waals surface area contributed by atoms with E-state index in [4.69, 9.17) is 0 Å². The second-order valence-corrected chi connectivity index (χ2v) is 23.9. The monoisotopic (exact) mass is 834 g/mol. The zero-order valence-corrected chi connectivity index (χ0v) is 37.5. The van der Waals surface area contributed by atoms with Crippen molar-refractivity contribution >= 4 is 73.7 Å². The van der Waals surface area contributed by atoms with E-state index in [-0.39, 0.29) is 0 Å². The van der Waals surface area contributed by atoms with E-state index >= 15 is 0 Å². The lowest BCUT2D eigenvalue weighted by Gasteiger charge is -2.33. The second-order valence-electron chi connectivity index (χ2n) is 18.9. The van der Waals surface area contributed by atoms with Gasteiger partial charge < -0.3 is 9.47 Å². The lowest BCUT2D eigenvalue weighted by molar-refractivity contribution is 0.793. The van der Waals surface area contributed by atoms with Crippen LogP contribution in [0.15, 0.2) is 206 Å². The highest BCUT2D eigenvalue weighted by atomic mass is 28.3. The highest BCUT2D eigenvalue weighted by Crippen LogP contribution is 2.65. The first-order valence-corrected chi connectivity index (χ1v) is 26.1. The molecular formula is C61H46N2Si. The average Bonchev–Trinajstić information content (AvgIpc) is 3.93. The first kappa shape index (κ1) is 37.1. The van der Waals surface area contributed by atoms with Crippen molar-refractivity contribution in [1.82, 2.24) is 4.57 Å². The summed E-state index contributed by atoms with van der Waals surface area (Å²) in [6, 6.07) is 78.2. The van der Waals surface area contributed by atoms with Gasteiger partial charge in [0.05, 0.1) is 35.9 Å². The summed E-state index contributed by atoms with van der Waals surface area (Å²) in [5.41, 5.74) is 18.3. The highest BCUT2D eigenvalue weighted by molar-refractivity contribution is 6.90. The van der Waals surface area contributed by atoms with Crippen LogP contribution in [0.25, 0.3) is 71.3 Å². The summed E-state index contributed by atoms with van der Waals surface area (Å²) >= 11 is 0. The van der Waals surface area contributed by atoms with Gasteiger partial charge in [0, 0.05) is 32.9 Å². The number of benzene rings is 10. The van der Waals surface area contributed by atoms with E-state index < -0.39 is 13.5 Å². The Morgan fingerprint density at radius 2 is 0.938 bits per heavy atom. The highest BCUT2D eigenvalue weighted by Gasteiger charge is 2.52. The van der Waals surface area contributed by atoms with Gasteiger partial charge in [-0.05, 0) is 111 Å². The van der Waals surface area contributed by atoms with Crippen molar-refractivity contribution in [1.29, 1.82) is 0 Å². The molecule has 0 aliphatic heterocycles. The van der Waals surface area contributed by atoms with Crippen LogP contribution in [0.2, 0.25) is 19.6 Å². The van der Waals surface area contributed by atoms with Gasteiger partial charge in [0.2, 0.25) is 0 Å². The molecule has 2 nitrogen and oxygen atoms in total. The van der Waals surface area contributed by atoms with Gasteiger partial charge >= 0.3 is 0 Å². The Kier molecular flexibility index (Phi) is 7.84. The Hall–Kier alpha value is -7.46. The van der Waals surface area contributed by atoms with Gasteiger partial charge in [0.15, 0.2) is 0 Å². The second kappa shape index (κ2) is 13.5. The minimum absolute atomic E-state index is 0.575. The van der Waals surface area contributed by atoms with Crippen LogP contribution in [0.5, 0.6) is 0 Å². The van der Waals surface area contributed by atoms with Crippen molar-refractivity contribution < 1.29 is 0 Å². The molecular weight excluding hydrogens is 789 g/mol. The zero-order chi connectivity index (χ0) is 42.9. The van der Waals surface area contributed by atoms with Crippen LogP contribution in [-0.4, -0.2) is 12.6 Å². The maximum Gasteiger partial charge on any atom is 0.0784 e. The third kappa shape index (κ3) is 5.02. The van der Waals surface area contributed by atoms with Crippen LogP contribution in [0, 0.1) is 6.92 Å². The Labute approximate surface area is 375 Å². The molecule has 304 valence electrons. The molecule has 2 aliphatic rings. The molecule has 10 aromatic carbocycles. The van der Waals surface area contributed by atoms with Crippen LogP contribution >= 0.6 is 0 Å². The summed E-state index contributed by atoms with van der Waals surface area (Å²) in [4.78, 5) is 2.52. The molecule has 11 aromatic rings. The molecule has 0 N–H and O–H groups in total. The summed E-state index contributed by atoms with van der Waals surface area (Å²) < 4.78 is 2.52. The Morgan fingerprint density at radius 3 is 1.58 bits per heavy atom. The first-order valence-electron chi connectivity index (χ1n) is 22.6. The van der Waals surface area contributed by atoms with Crippen molar-refractivity contribution in [3.8, 4) is 27.9 Å². The van der Waals surface area contributed by atoms with Gasteiger partial charge in [-0.3, -0.25) is 0 Å². The van der Waals surface area contributed by atoms with Crippen LogP contribution < -0.4 is 10.1 Å². The van der Waals surface area contributed by atoms with Gasteiger partial charge in [-0.25, -0.2) is 0 Å². The molecule has 0 saturated carbocycles. The predicted molar refractivity (Wildman–Crippen MR) is 274 cm³/mol. The van der Waals surface area contributed by atoms with Gasteiger partial charge in [-0.2, -0.15) is 0 Å². The number of hydrogen-bond acceptors (Lipinski definition) is 1. The van der Waals surface area contributed by atoms with Crippen molar-refractivity contribution in [3.05, 3.63) is 234 Å². The third-order valence-corrected chi connectivity index (χ3v) is 16.4. The lowest BCUT2D eigenvalue weighted by Crippen LogP contribution is -2.38.